The van der Waals surface area contributed by atoms with E-state index in [9.17, 15) is 4.79 Å². The Bertz CT molecular complexity index is 464. The summed E-state index contributed by atoms with van der Waals surface area (Å²) in [4.78, 5) is 14.6. The number of carbonyl (C=O) groups excluding carboxylic acids is 1. The molecule has 2 rings (SSSR count). The maximum atomic E-state index is 12.7. The van der Waals surface area contributed by atoms with Gasteiger partial charge in [-0.25, -0.2) is 0 Å². The van der Waals surface area contributed by atoms with Crippen molar-refractivity contribution in [1.29, 1.82) is 0 Å². The third-order valence-corrected chi connectivity index (χ3v) is 4.47. The first-order chi connectivity index (χ1) is 9.65. The van der Waals surface area contributed by atoms with Crippen LogP contribution in [0, 0.1) is 11.8 Å². The van der Waals surface area contributed by atoms with E-state index < -0.39 is 0 Å². The van der Waals surface area contributed by atoms with E-state index in [1.54, 1.807) is 0 Å². The molecule has 0 bridgehead atoms. The lowest BCUT2D eigenvalue weighted by molar-refractivity contribution is -0.137. The molecule has 0 radical (unpaired) electrons. The highest BCUT2D eigenvalue weighted by Crippen LogP contribution is 2.32. The van der Waals surface area contributed by atoms with Crippen molar-refractivity contribution >= 4 is 17.5 Å². The fraction of sp³-hybridized carbons (Fsp3) is 0.562. The first kappa shape index (κ1) is 15.3. The van der Waals surface area contributed by atoms with Gasteiger partial charge in [-0.05, 0) is 49.9 Å². The Morgan fingerprint density at radius 1 is 1.45 bits per heavy atom. The number of hydrogen-bond donors (Lipinski definition) is 1. The van der Waals surface area contributed by atoms with Crippen molar-refractivity contribution in [2.24, 2.45) is 17.6 Å². The summed E-state index contributed by atoms with van der Waals surface area (Å²) in [6.07, 6.45) is 3.18. The summed E-state index contributed by atoms with van der Waals surface area (Å²) in [6.45, 7) is 3.99. The Morgan fingerprint density at radius 2 is 2.25 bits per heavy atom. The molecule has 110 valence electrons. The zero-order valence-corrected chi connectivity index (χ0v) is 12.8. The molecule has 2 atom stereocenters. The minimum absolute atomic E-state index is 0.110. The van der Waals surface area contributed by atoms with Gasteiger partial charge in [0.25, 0.3) is 0 Å². The van der Waals surface area contributed by atoms with Gasteiger partial charge in [0.2, 0.25) is 5.91 Å². The molecule has 1 aliphatic rings. The zero-order chi connectivity index (χ0) is 14.5. The fourth-order valence-electron chi connectivity index (χ4n) is 3.08. The van der Waals surface area contributed by atoms with E-state index in [1.807, 2.05) is 36.1 Å². The summed E-state index contributed by atoms with van der Waals surface area (Å²) >= 11 is 6.00. The summed E-state index contributed by atoms with van der Waals surface area (Å²) in [6, 6.07) is 7.71. The molecule has 0 saturated heterocycles. The third kappa shape index (κ3) is 3.53. The summed E-state index contributed by atoms with van der Waals surface area (Å²) in [5, 5.41) is 0.715. The minimum atomic E-state index is 0.110. The molecule has 0 aliphatic heterocycles. The number of rotatable bonds is 5. The van der Waals surface area contributed by atoms with E-state index in [0.717, 1.165) is 31.4 Å². The smallest absolute Gasteiger partial charge is 0.226 e. The molecule has 1 fully saturated rings. The van der Waals surface area contributed by atoms with Gasteiger partial charge in [-0.3, -0.25) is 4.79 Å². The SMILES string of the molecule is CCN(Cc1cccc(Cl)c1)C(=O)[C@@H]1CCC[C@@H]1CN. The van der Waals surface area contributed by atoms with Gasteiger partial charge >= 0.3 is 0 Å². The van der Waals surface area contributed by atoms with E-state index in [2.05, 4.69) is 0 Å². The molecule has 4 heteroatoms. The van der Waals surface area contributed by atoms with Crippen LogP contribution in [0.3, 0.4) is 0 Å². The highest BCUT2D eigenvalue weighted by Gasteiger charge is 2.34. The van der Waals surface area contributed by atoms with Gasteiger partial charge < -0.3 is 10.6 Å². The number of halogens is 1. The molecule has 1 aromatic carbocycles. The molecule has 0 spiro atoms. The molecular weight excluding hydrogens is 272 g/mol. The first-order valence-electron chi connectivity index (χ1n) is 7.39. The van der Waals surface area contributed by atoms with E-state index in [4.69, 9.17) is 17.3 Å². The van der Waals surface area contributed by atoms with Crippen LogP contribution in [0.5, 0.6) is 0 Å². The standard InChI is InChI=1S/C16H23ClN2O/c1-2-19(11-12-5-3-7-14(17)9-12)16(20)15-8-4-6-13(15)10-18/h3,5,7,9,13,15H,2,4,6,8,10-11,18H2,1H3/t13-,15-/m1/s1. The Kier molecular flexibility index (Phi) is 5.44. The van der Waals surface area contributed by atoms with Gasteiger partial charge in [-0.15, -0.1) is 0 Å². The molecule has 1 saturated carbocycles. The average Bonchev–Trinajstić information content (AvgIpc) is 2.92. The van der Waals surface area contributed by atoms with Crippen LogP contribution in [0.2, 0.25) is 5.02 Å². The van der Waals surface area contributed by atoms with Gasteiger partial charge in [-0.2, -0.15) is 0 Å². The number of carbonyl (C=O) groups is 1. The lowest BCUT2D eigenvalue weighted by Crippen LogP contribution is -2.38. The number of amides is 1. The second-order valence-corrected chi connectivity index (χ2v) is 5.95. The average molecular weight is 295 g/mol. The monoisotopic (exact) mass is 294 g/mol. The lowest BCUT2D eigenvalue weighted by atomic mass is 9.94. The summed E-state index contributed by atoms with van der Waals surface area (Å²) in [5.41, 5.74) is 6.87. The highest BCUT2D eigenvalue weighted by molar-refractivity contribution is 6.30. The molecule has 1 amide bonds. The predicted octanol–water partition coefficient (Wildman–Crippen LogP) is 3.06. The molecule has 2 N–H and O–H groups in total. The van der Waals surface area contributed by atoms with Gasteiger partial charge in [-0.1, -0.05) is 30.2 Å². The quantitative estimate of drug-likeness (QED) is 0.907. The van der Waals surface area contributed by atoms with E-state index in [-0.39, 0.29) is 11.8 Å². The van der Waals surface area contributed by atoms with Crippen LogP contribution in [-0.2, 0) is 11.3 Å². The minimum Gasteiger partial charge on any atom is -0.338 e. The second-order valence-electron chi connectivity index (χ2n) is 5.52. The predicted molar refractivity (Wildman–Crippen MR) is 82.4 cm³/mol. The summed E-state index contributed by atoms with van der Waals surface area (Å²) < 4.78 is 0. The van der Waals surface area contributed by atoms with Crippen molar-refractivity contribution < 1.29 is 4.79 Å². The van der Waals surface area contributed by atoms with Crippen LogP contribution in [0.15, 0.2) is 24.3 Å². The molecule has 1 aliphatic carbocycles. The zero-order valence-electron chi connectivity index (χ0n) is 12.0. The Hall–Kier alpha value is -1.06. The number of nitrogens with zero attached hydrogens (tertiary/aromatic N) is 1. The van der Waals surface area contributed by atoms with Crippen molar-refractivity contribution in [3.63, 3.8) is 0 Å². The maximum Gasteiger partial charge on any atom is 0.226 e. The molecule has 20 heavy (non-hydrogen) atoms. The topological polar surface area (TPSA) is 46.3 Å². The maximum absolute atomic E-state index is 12.7. The largest absolute Gasteiger partial charge is 0.338 e. The first-order valence-corrected chi connectivity index (χ1v) is 7.76. The van der Waals surface area contributed by atoms with Gasteiger partial charge in [0, 0.05) is 24.0 Å². The van der Waals surface area contributed by atoms with Gasteiger partial charge in [0.1, 0.15) is 0 Å². The molecule has 3 nitrogen and oxygen atoms in total. The third-order valence-electron chi connectivity index (χ3n) is 4.23. The number of nitrogens with two attached hydrogens (primary N) is 1. The second kappa shape index (κ2) is 7.09. The Morgan fingerprint density at radius 3 is 2.90 bits per heavy atom. The van der Waals surface area contributed by atoms with Crippen LogP contribution >= 0.6 is 11.6 Å². The van der Waals surface area contributed by atoms with Crippen molar-refractivity contribution in [1.82, 2.24) is 4.90 Å². The number of hydrogen-bond acceptors (Lipinski definition) is 2. The van der Waals surface area contributed by atoms with Gasteiger partial charge in [0.05, 0.1) is 0 Å². The van der Waals surface area contributed by atoms with Crippen LogP contribution in [0.1, 0.15) is 31.7 Å². The Labute approximate surface area is 126 Å². The van der Waals surface area contributed by atoms with Crippen LogP contribution in [-0.4, -0.2) is 23.9 Å². The van der Waals surface area contributed by atoms with Crippen molar-refractivity contribution in [2.75, 3.05) is 13.1 Å². The van der Waals surface area contributed by atoms with E-state index >= 15 is 0 Å². The molecule has 0 unspecified atom stereocenters. The lowest BCUT2D eigenvalue weighted by Gasteiger charge is -2.27. The molecule has 0 aromatic heterocycles. The van der Waals surface area contributed by atoms with Crippen molar-refractivity contribution in [2.45, 2.75) is 32.7 Å². The molecule has 0 heterocycles. The Balaban J connectivity index is 2.06. The van der Waals surface area contributed by atoms with Crippen molar-refractivity contribution in [3.8, 4) is 0 Å². The van der Waals surface area contributed by atoms with Crippen LogP contribution < -0.4 is 5.73 Å². The number of benzene rings is 1. The van der Waals surface area contributed by atoms with E-state index in [1.165, 1.54) is 0 Å². The highest BCUT2D eigenvalue weighted by atomic mass is 35.5. The van der Waals surface area contributed by atoms with Crippen LogP contribution in [0.25, 0.3) is 0 Å². The van der Waals surface area contributed by atoms with E-state index in [0.29, 0.717) is 24.0 Å². The van der Waals surface area contributed by atoms with Crippen molar-refractivity contribution in [3.05, 3.63) is 34.9 Å². The normalized spacial score (nSPS) is 21.9. The molecule has 1 aromatic rings. The summed E-state index contributed by atoms with van der Waals surface area (Å²) in [5.74, 6) is 0.718. The summed E-state index contributed by atoms with van der Waals surface area (Å²) in [7, 11) is 0. The molecular formula is C16H23ClN2O. The van der Waals surface area contributed by atoms with Gasteiger partial charge in [0.15, 0.2) is 0 Å². The fourth-order valence-corrected chi connectivity index (χ4v) is 3.29. The van der Waals surface area contributed by atoms with Crippen LogP contribution in [0.4, 0.5) is 0 Å².